The summed E-state index contributed by atoms with van der Waals surface area (Å²) >= 11 is 0. The Morgan fingerprint density at radius 2 is 1.83 bits per heavy atom. The number of hydrogen-bond acceptors (Lipinski definition) is 4. The van der Waals surface area contributed by atoms with Gasteiger partial charge in [0.1, 0.15) is 12.1 Å². The van der Waals surface area contributed by atoms with Crippen LogP contribution in [0.1, 0.15) is 11.1 Å². The predicted octanol–water partition coefficient (Wildman–Crippen LogP) is 0.518. The van der Waals surface area contributed by atoms with Crippen LogP contribution < -0.4 is 9.80 Å². The Balaban J connectivity index is 1.65. The number of nitrogens with one attached hydrogen (secondary N) is 1. The van der Waals surface area contributed by atoms with Gasteiger partial charge in [-0.1, -0.05) is 29.8 Å². The van der Waals surface area contributed by atoms with E-state index in [0.717, 1.165) is 49.6 Å². The summed E-state index contributed by atoms with van der Waals surface area (Å²) in [6.07, 6.45) is 3.57. The quantitative estimate of drug-likeness (QED) is 0.763. The van der Waals surface area contributed by atoms with Gasteiger partial charge < -0.3 is 9.80 Å². The number of likely N-dealkylation sites (N-methyl/N-ethyl adjacent to an activating group) is 1. The van der Waals surface area contributed by atoms with E-state index in [1.807, 2.05) is 10.9 Å². The molecule has 1 aliphatic rings. The summed E-state index contributed by atoms with van der Waals surface area (Å²) in [6, 6.07) is 8.56. The van der Waals surface area contributed by atoms with Crippen molar-refractivity contribution >= 4 is 16.9 Å². The molecule has 3 heterocycles. The van der Waals surface area contributed by atoms with Crippen LogP contribution in [-0.4, -0.2) is 53.0 Å². The van der Waals surface area contributed by atoms with Gasteiger partial charge in [0, 0.05) is 0 Å². The van der Waals surface area contributed by atoms with Gasteiger partial charge in [0.25, 0.3) is 0 Å². The Morgan fingerprint density at radius 1 is 1.08 bits per heavy atom. The van der Waals surface area contributed by atoms with E-state index in [1.165, 1.54) is 11.1 Å². The molecule has 1 fully saturated rings. The number of nitrogens with zero attached hydrogens (tertiary/aromatic N) is 5. The molecular formula is C18H23N6+. The van der Waals surface area contributed by atoms with Gasteiger partial charge >= 0.3 is 0 Å². The van der Waals surface area contributed by atoms with Gasteiger partial charge in [-0.25, -0.2) is 14.6 Å². The molecule has 24 heavy (non-hydrogen) atoms. The average molecular weight is 323 g/mol. The van der Waals surface area contributed by atoms with Crippen LogP contribution in [-0.2, 0) is 6.54 Å². The van der Waals surface area contributed by atoms with E-state index in [2.05, 4.69) is 58.2 Å². The smallest absolute Gasteiger partial charge is 0.163 e. The van der Waals surface area contributed by atoms with E-state index in [9.17, 15) is 0 Å². The highest BCUT2D eigenvalue weighted by atomic mass is 15.3. The van der Waals surface area contributed by atoms with Crippen LogP contribution in [0.25, 0.3) is 11.0 Å². The van der Waals surface area contributed by atoms with Crippen molar-refractivity contribution < 1.29 is 4.90 Å². The molecule has 0 unspecified atom stereocenters. The molecule has 3 aromatic rings. The zero-order valence-corrected chi connectivity index (χ0v) is 14.2. The Bertz CT molecular complexity index is 830. The van der Waals surface area contributed by atoms with E-state index >= 15 is 0 Å². The minimum Gasteiger partial charge on any atom is -0.345 e. The van der Waals surface area contributed by atoms with E-state index < -0.39 is 0 Å². The van der Waals surface area contributed by atoms with Crippen molar-refractivity contribution in [3.63, 3.8) is 0 Å². The first-order valence-electron chi connectivity index (χ1n) is 8.49. The van der Waals surface area contributed by atoms with Crippen molar-refractivity contribution in [2.24, 2.45) is 0 Å². The van der Waals surface area contributed by atoms with Crippen molar-refractivity contribution in [1.29, 1.82) is 0 Å². The molecule has 0 radical (unpaired) electrons. The molecule has 6 heteroatoms. The van der Waals surface area contributed by atoms with Crippen molar-refractivity contribution in [3.05, 3.63) is 47.9 Å². The minimum absolute atomic E-state index is 0.729. The zero-order valence-electron chi connectivity index (χ0n) is 14.2. The van der Waals surface area contributed by atoms with Gasteiger partial charge in [0.05, 0.1) is 51.4 Å². The fourth-order valence-corrected chi connectivity index (χ4v) is 3.21. The number of piperazine rings is 1. The largest absolute Gasteiger partial charge is 0.345 e. The maximum absolute atomic E-state index is 4.57. The molecule has 6 nitrogen and oxygen atoms in total. The molecule has 0 atom stereocenters. The molecule has 0 spiro atoms. The molecule has 0 amide bonds. The first-order valence-corrected chi connectivity index (χ1v) is 8.49. The number of aryl methyl sites for hydroxylation is 1. The number of hydrogen-bond donors (Lipinski definition) is 1. The molecule has 0 aliphatic carbocycles. The van der Waals surface area contributed by atoms with Crippen molar-refractivity contribution in [3.8, 4) is 0 Å². The van der Waals surface area contributed by atoms with E-state index in [1.54, 1.807) is 11.2 Å². The number of rotatable bonds is 3. The first-order chi connectivity index (χ1) is 11.7. The summed E-state index contributed by atoms with van der Waals surface area (Å²) in [7, 11) is 2.24. The number of quaternary nitrogens is 1. The van der Waals surface area contributed by atoms with Crippen LogP contribution in [0.5, 0.6) is 0 Å². The predicted molar refractivity (Wildman–Crippen MR) is 94.4 cm³/mol. The third-order valence-corrected chi connectivity index (χ3v) is 4.78. The van der Waals surface area contributed by atoms with Gasteiger partial charge in [0.15, 0.2) is 5.65 Å². The van der Waals surface area contributed by atoms with Gasteiger partial charge in [-0.3, -0.25) is 0 Å². The van der Waals surface area contributed by atoms with Crippen LogP contribution in [0.3, 0.4) is 0 Å². The SMILES string of the molecule is Cc1ccc(Cn2ncc3c(N4CC[NH+](C)CC4)ncnc32)cc1. The molecule has 124 valence electrons. The molecule has 1 saturated heterocycles. The molecule has 1 aromatic carbocycles. The Labute approximate surface area is 141 Å². The summed E-state index contributed by atoms with van der Waals surface area (Å²) in [5.74, 6) is 1.02. The Morgan fingerprint density at radius 3 is 2.58 bits per heavy atom. The Hall–Kier alpha value is -2.47. The summed E-state index contributed by atoms with van der Waals surface area (Å²) in [5, 5.41) is 5.61. The lowest BCUT2D eigenvalue weighted by molar-refractivity contribution is -0.880. The maximum Gasteiger partial charge on any atom is 0.163 e. The topological polar surface area (TPSA) is 51.3 Å². The second-order valence-corrected chi connectivity index (χ2v) is 6.67. The Kier molecular flexibility index (Phi) is 3.90. The minimum atomic E-state index is 0.729. The van der Waals surface area contributed by atoms with E-state index in [0.29, 0.717) is 0 Å². The molecule has 4 rings (SSSR count). The van der Waals surface area contributed by atoms with Gasteiger partial charge in [0.2, 0.25) is 0 Å². The van der Waals surface area contributed by atoms with Crippen molar-refractivity contribution in [2.45, 2.75) is 13.5 Å². The molecular weight excluding hydrogens is 300 g/mol. The third-order valence-electron chi connectivity index (χ3n) is 4.78. The fraction of sp³-hybridized carbons (Fsp3) is 0.389. The number of fused-ring (bicyclic) bond motifs is 1. The highest BCUT2D eigenvalue weighted by Crippen LogP contribution is 2.23. The average Bonchev–Trinajstić information content (AvgIpc) is 3.01. The third kappa shape index (κ3) is 2.85. The second-order valence-electron chi connectivity index (χ2n) is 6.67. The normalized spacial score (nSPS) is 16.0. The van der Waals surface area contributed by atoms with Gasteiger partial charge in [-0.05, 0) is 12.5 Å². The standard InChI is InChI=1S/C18H22N6/c1-14-3-5-15(6-4-14)12-24-18-16(11-21-24)17(19-13-20-18)23-9-7-22(2)8-10-23/h3-6,11,13H,7-10,12H2,1-2H3/p+1. The molecule has 1 aliphatic heterocycles. The summed E-state index contributed by atoms with van der Waals surface area (Å²) in [6.45, 7) is 7.17. The maximum atomic E-state index is 4.57. The fourth-order valence-electron chi connectivity index (χ4n) is 3.21. The highest BCUT2D eigenvalue weighted by Gasteiger charge is 2.21. The molecule has 0 saturated carbocycles. The molecule has 0 bridgehead atoms. The van der Waals surface area contributed by atoms with Crippen LogP contribution in [0.15, 0.2) is 36.8 Å². The van der Waals surface area contributed by atoms with E-state index in [-0.39, 0.29) is 0 Å². The summed E-state index contributed by atoms with van der Waals surface area (Å²) < 4.78 is 1.96. The first kappa shape index (κ1) is 15.1. The van der Waals surface area contributed by atoms with E-state index in [4.69, 9.17) is 0 Å². The summed E-state index contributed by atoms with van der Waals surface area (Å²) in [5.41, 5.74) is 3.41. The monoisotopic (exact) mass is 323 g/mol. The number of anilines is 1. The van der Waals surface area contributed by atoms with Crippen LogP contribution in [0.2, 0.25) is 0 Å². The van der Waals surface area contributed by atoms with Crippen LogP contribution in [0, 0.1) is 6.92 Å². The molecule has 2 aromatic heterocycles. The number of aromatic nitrogens is 4. The van der Waals surface area contributed by atoms with Crippen molar-refractivity contribution in [2.75, 3.05) is 38.1 Å². The van der Waals surface area contributed by atoms with Gasteiger partial charge in [-0.2, -0.15) is 5.10 Å². The lowest BCUT2D eigenvalue weighted by Crippen LogP contribution is -3.12. The highest BCUT2D eigenvalue weighted by molar-refractivity contribution is 5.86. The van der Waals surface area contributed by atoms with Crippen molar-refractivity contribution in [1.82, 2.24) is 19.7 Å². The lowest BCUT2D eigenvalue weighted by atomic mass is 10.1. The second kappa shape index (κ2) is 6.20. The van der Waals surface area contributed by atoms with Crippen LogP contribution in [0.4, 0.5) is 5.82 Å². The molecule has 1 N–H and O–H groups in total. The zero-order chi connectivity index (χ0) is 16.5. The van der Waals surface area contributed by atoms with Crippen LogP contribution >= 0.6 is 0 Å². The van der Waals surface area contributed by atoms with Gasteiger partial charge in [-0.15, -0.1) is 0 Å². The summed E-state index contributed by atoms with van der Waals surface area (Å²) in [4.78, 5) is 13.0. The number of benzene rings is 1. The lowest BCUT2D eigenvalue weighted by Gasteiger charge is -2.30.